The summed E-state index contributed by atoms with van der Waals surface area (Å²) in [6.45, 7) is 4.46. The molecule has 0 saturated carbocycles. The van der Waals surface area contributed by atoms with Crippen LogP contribution < -0.4 is 5.73 Å². The summed E-state index contributed by atoms with van der Waals surface area (Å²) in [6.07, 6.45) is 1.59. The van der Waals surface area contributed by atoms with Crippen molar-refractivity contribution in [2.24, 2.45) is 5.73 Å². The second kappa shape index (κ2) is 4.76. The number of halogens is 2. The van der Waals surface area contributed by atoms with Gasteiger partial charge < -0.3 is 5.73 Å². The topological polar surface area (TPSA) is 26.0 Å². The Morgan fingerprint density at radius 3 is 2.64 bits per heavy atom. The van der Waals surface area contributed by atoms with E-state index in [9.17, 15) is 4.39 Å². The highest BCUT2D eigenvalue weighted by Crippen LogP contribution is 2.27. The largest absolute Gasteiger partial charge is 0.330 e. The fourth-order valence-corrected chi connectivity index (χ4v) is 1.78. The van der Waals surface area contributed by atoms with Gasteiger partial charge in [-0.05, 0) is 56.0 Å². The van der Waals surface area contributed by atoms with Gasteiger partial charge in [0.1, 0.15) is 5.82 Å². The molecular formula is C11H15ClFN. The van der Waals surface area contributed by atoms with Gasteiger partial charge in [0.15, 0.2) is 0 Å². The number of hydrogen-bond acceptors (Lipinski definition) is 1. The third-order valence-electron chi connectivity index (χ3n) is 2.49. The summed E-state index contributed by atoms with van der Waals surface area (Å²) in [5.74, 6) is -0.332. The van der Waals surface area contributed by atoms with Gasteiger partial charge in [-0.1, -0.05) is 11.6 Å². The highest BCUT2D eigenvalue weighted by molar-refractivity contribution is 6.31. The smallest absolute Gasteiger partial charge is 0.142 e. The van der Waals surface area contributed by atoms with Gasteiger partial charge in [0.05, 0.1) is 5.02 Å². The van der Waals surface area contributed by atoms with Gasteiger partial charge >= 0.3 is 0 Å². The Kier molecular flexibility index (Phi) is 3.90. The molecule has 0 fully saturated rings. The summed E-state index contributed by atoms with van der Waals surface area (Å²) >= 11 is 5.89. The molecule has 0 heterocycles. The molecule has 1 nitrogen and oxygen atoms in total. The van der Waals surface area contributed by atoms with E-state index in [-0.39, 0.29) is 10.8 Å². The zero-order valence-electron chi connectivity index (χ0n) is 8.53. The van der Waals surface area contributed by atoms with Crippen molar-refractivity contribution < 1.29 is 4.39 Å². The van der Waals surface area contributed by atoms with E-state index >= 15 is 0 Å². The first-order valence-corrected chi connectivity index (χ1v) is 5.10. The normalized spacial score (nSPS) is 10.6. The molecule has 0 amide bonds. The third kappa shape index (κ3) is 2.25. The van der Waals surface area contributed by atoms with Crippen LogP contribution in [0, 0.1) is 19.7 Å². The summed E-state index contributed by atoms with van der Waals surface area (Å²) in [5, 5.41) is 0.251. The van der Waals surface area contributed by atoms with Gasteiger partial charge in [-0.2, -0.15) is 0 Å². The van der Waals surface area contributed by atoms with Crippen molar-refractivity contribution in [3.8, 4) is 0 Å². The maximum Gasteiger partial charge on any atom is 0.142 e. The summed E-state index contributed by atoms with van der Waals surface area (Å²) in [7, 11) is 0. The molecule has 0 radical (unpaired) electrons. The zero-order chi connectivity index (χ0) is 10.7. The lowest BCUT2D eigenvalue weighted by Crippen LogP contribution is -2.03. The number of aryl methyl sites for hydroxylation is 1. The Morgan fingerprint density at radius 1 is 1.43 bits per heavy atom. The molecule has 1 aromatic rings. The van der Waals surface area contributed by atoms with Crippen molar-refractivity contribution in [2.75, 3.05) is 6.54 Å². The van der Waals surface area contributed by atoms with Gasteiger partial charge in [0.2, 0.25) is 0 Å². The molecule has 3 heteroatoms. The van der Waals surface area contributed by atoms with Gasteiger partial charge in [-0.3, -0.25) is 0 Å². The molecule has 0 aliphatic carbocycles. The third-order valence-corrected chi connectivity index (χ3v) is 2.90. The number of nitrogens with two attached hydrogens (primary N) is 1. The molecule has 0 aromatic heterocycles. The van der Waals surface area contributed by atoms with E-state index in [1.807, 2.05) is 13.8 Å². The van der Waals surface area contributed by atoms with Crippen LogP contribution in [-0.2, 0) is 6.42 Å². The molecule has 0 saturated heterocycles. The van der Waals surface area contributed by atoms with Crippen molar-refractivity contribution in [2.45, 2.75) is 26.7 Å². The monoisotopic (exact) mass is 215 g/mol. The van der Waals surface area contributed by atoms with Crippen molar-refractivity contribution in [3.63, 3.8) is 0 Å². The number of hydrogen-bond donors (Lipinski definition) is 1. The fraction of sp³-hybridized carbons (Fsp3) is 0.455. The lowest BCUT2D eigenvalue weighted by molar-refractivity contribution is 0.623. The summed E-state index contributed by atoms with van der Waals surface area (Å²) in [4.78, 5) is 0. The Morgan fingerprint density at radius 2 is 2.07 bits per heavy atom. The Bertz CT molecular complexity index is 310. The van der Waals surface area contributed by atoms with E-state index in [1.165, 1.54) is 6.07 Å². The van der Waals surface area contributed by atoms with Crippen molar-refractivity contribution in [3.05, 3.63) is 33.6 Å². The Labute approximate surface area is 89.1 Å². The molecular weight excluding hydrogens is 201 g/mol. The summed E-state index contributed by atoms with van der Waals surface area (Å²) < 4.78 is 13.3. The molecule has 1 rings (SSSR count). The highest BCUT2D eigenvalue weighted by atomic mass is 35.5. The molecule has 0 aliphatic heterocycles. The molecule has 0 atom stereocenters. The van der Waals surface area contributed by atoms with Crippen LogP contribution in [-0.4, -0.2) is 6.54 Å². The SMILES string of the molecule is Cc1cc(F)c(Cl)c(CCCN)c1C. The minimum Gasteiger partial charge on any atom is -0.330 e. The quantitative estimate of drug-likeness (QED) is 0.824. The summed E-state index contributed by atoms with van der Waals surface area (Å²) in [6, 6.07) is 1.48. The molecule has 0 aliphatic rings. The maximum absolute atomic E-state index is 13.3. The van der Waals surface area contributed by atoms with Gasteiger partial charge in [0, 0.05) is 0 Å². The van der Waals surface area contributed by atoms with E-state index in [1.54, 1.807) is 0 Å². The van der Waals surface area contributed by atoms with E-state index in [0.717, 1.165) is 29.5 Å². The first-order chi connectivity index (χ1) is 6.57. The van der Waals surface area contributed by atoms with Crippen LogP contribution in [0.25, 0.3) is 0 Å². The van der Waals surface area contributed by atoms with Crippen LogP contribution in [0.2, 0.25) is 5.02 Å². The number of benzene rings is 1. The lowest BCUT2D eigenvalue weighted by atomic mass is 9.99. The minimum absolute atomic E-state index is 0.251. The predicted molar refractivity (Wildman–Crippen MR) is 58.3 cm³/mol. The van der Waals surface area contributed by atoms with Gasteiger partial charge in [0.25, 0.3) is 0 Å². The number of rotatable bonds is 3. The molecule has 0 bridgehead atoms. The maximum atomic E-state index is 13.3. The zero-order valence-corrected chi connectivity index (χ0v) is 9.29. The first kappa shape index (κ1) is 11.5. The molecule has 1 aromatic carbocycles. The molecule has 78 valence electrons. The molecule has 2 N–H and O–H groups in total. The van der Waals surface area contributed by atoms with Crippen LogP contribution >= 0.6 is 11.6 Å². The molecule has 0 unspecified atom stereocenters. The second-order valence-electron chi connectivity index (χ2n) is 3.49. The lowest BCUT2D eigenvalue weighted by Gasteiger charge is -2.11. The van der Waals surface area contributed by atoms with E-state index < -0.39 is 0 Å². The van der Waals surface area contributed by atoms with E-state index in [2.05, 4.69) is 0 Å². The van der Waals surface area contributed by atoms with Crippen LogP contribution in [0.4, 0.5) is 4.39 Å². The Balaban J connectivity index is 3.11. The van der Waals surface area contributed by atoms with Crippen molar-refractivity contribution in [1.29, 1.82) is 0 Å². The average molecular weight is 216 g/mol. The summed E-state index contributed by atoms with van der Waals surface area (Å²) in [5.41, 5.74) is 8.33. The van der Waals surface area contributed by atoms with Crippen LogP contribution in [0.1, 0.15) is 23.1 Å². The first-order valence-electron chi connectivity index (χ1n) is 4.72. The molecule has 0 spiro atoms. The minimum atomic E-state index is -0.332. The van der Waals surface area contributed by atoms with Crippen LogP contribution in [0.3, 0.4) is 0 Å². The molecule has 14 heavy (non-hydrogen) atoms. The van der Waals surface area contributed by atoms with E-state index in [4.69, 9.17) is 17.3 Å². The van der Waals surface area contributed by atoms with Gasteiger partial charge in [-0.25, -0.2) is 4.39 Å². The fourth-order valence-electron chi connectivity index (χ4n) is 1.48. The van der Waals surface area contributed by atoms with Gasteiger partial charge in [-0.15, -0.1) is 0 Å². The standard InChI is InChI=1S/C11H15ClFN/c1-7-6-10(13)11(12)9(8(7)2)4-3-5-14/h6H,3-5,14H2,1-2H3. The second-order valence-corrected chi connectivity index (χ2v) is 3.86. The predicted octanol–water partition coefficient (Wildman–Crippen LogP) is 2.99. The average Bonchev–Trinajstić information content (AvgIpc) is 2.15. The van der Waals surface area contributed by atoms with E-state index in [0.29, 0.717) is 6.54 Å². The van der Waals surface area contributed by atoms with Crippen LogP contribution in [0.15, 0.2) is 6.07 Å². The van der Waals surface area contributed by atoms with Crippen LogP contribution in [0.5, 0.6) is 0 Å². The Hall–Kier alpha value is -0.600. The van der Waals surface area contributed by atoms with Crippen molar-refractivity contribution in [1.82, 2.24) is 0 Å². The highest BCUT2D eigenvalue weighted by Gasteiger charge is 2.11. The van der Waals surface area contributed by atoms with Crippen molar-refractivity contribution >= 4 is 11.6 Å².